The number of pyridine rings is 1. The molecule has 2 aromatic heterocycles. The zero-order valence-corrected chi connectivity index (χ0v) is 20.2. The number of ether oxygens (including phenoxy) is 1. The fourth-order valence-electron chi connectivity index (χ4n) is 4.93. The first kappa shape index (κ1) is 23.3. The third-order valence-electron chi connectivity index (χ3n) is 6.86. The molecule has 0 unspecified atom stereocenters. The number of carbonyl (C=O) groups excluding carboxylic acids is 1. The average Bonchev–Trinajstić information content (AvgIpc) is 3.08. The summed E-state index contributed by atoms with van der Waals surface area (Å²) in [6.07, 6.45) is 2.90. The summed E-state index contributed by atoms with van der Waals surface area (Å²) in [6, 6.07) is 10.6. The van der Waals surface area contributed by atoms with Crippen molar-refractivity contribution in [1.82, 2.24) is 14.5 Å². The Morgan fingerprint density at radius 3 is 2.61 bits per heavy atom. The lowest BCUT2D eigenvalue weighted by atomic mass is 10.00. The molecular weight excluding hydrogens is 436 g/mol. The molecule has 1 aromatic carbocycles. The van der Waals surface area contributed by atoms with Crippen LogP contribution in [0.15, 0.2) is 43.0 Å². The number of fused-ring (bicyclic) bond motifs is 2. The number of carbonyl (C=O) groups is 1. The van der Waals surface area contributed by atoms with Crippen LogP contribution >= 0.6 is 12.4 Å². The minimum Gasteiger partial charge on any atom is -0.378 e. The first-order chi connectivity index (χ1) is 15.6. The minimum absolute atomic E-state index is 0. The molecule has 2 aliphatic rings. The maximum absolute atomic E-state index is 13.4. The van der Waals surface area contributed by atoms with E-state index in [1.165, 1.54) is 22.4 Å². The van der Waals surface area contributed by atoms with Gasteiger partial charge >= 0.3 is 0 Å². The highest BCUT2D eigenvalue weighted by molar-refractivity contribution is 6.01. The van der Waals surface area contributed by atoms with E-state index in [4.69, 9.17) is 9.72 Å². The Labute approximate surface area is 201 Å². The highest BCUT2D eigenvalue weighted by Gasteiger charge is 2.27. The second kappa shape index (κ2) is 9.57. The number of aromatic nitrogens is 2. The molecule has 1 fully saturated rings. The van der Waals surface area contributed by atoms with E-state index in [1.807, 2.05) is 17.0 Å². The van der Waals surface area contributed by atoms with E-state index in [1.54, 1.807) is 0 Å². The van der Waals surface area contributed by atoms with E-state index in [9.17, 15) is 4.79 Å². The third-order valence-corrected chi connectivity index (χ3v) is 6.86. The van der Waals surface area contributed by atoms with Gasteiger partial charge in [0, 0.05) is 43.8 Å². The van der Waals surface area contributed by atoms with Crippen LogP contribution in [0.1, 0.15) is 32.9 Å². The van der Waals surface area contributed by atoms with Gasteiger partial charge < -0.3 is 19.1 Å². The maximum Gasteiger partial charge on any atom is 0.272 e. The van der Waals surface area contributed by atoms with Crippen LogP contribution in [0.5, 0.6) is 0 Å². The Balaban J connectivity index is 0.00000259. The predicted molar refractivity (Wildman–Crippen MR) is 135 cm³/mol. The number of benzene rings is 1. The van der Waals surface area contributed by atoms with Crippen molar-refractivity contribution in [2.45, 2.75) is 33.4 Å². The summed E-state index contributed by atoms with van der Waals surface area (Å²) in [5.41, 5.74) is 6.73. The third kappa shape index (κ3) is 4.13. The molecule has 5 rings (SSSR count). The van der Waals surface area contributed by atoms with E-state index in [-0.39, 0.29) is 18.3 Å². The van der Waals surface area contributed by atoms with Crippen molar-refractivity contribution in [3.8, 4) is 0 Å². The smallest absolute Gasteiger partial charge is 0.272 e. The minimum atomic E-state index is -0.0117. The van der Waals surface area contributed by atoms with Crippen LogP contribution in [0.3, 0.4) is 0 Å². The number of hydrogen-bond donors (Lipinski definition) is 0. The molecule has 4 heterocycles. The molecule has 6 nitrogen and oxygen atoms in total. The molecule has 1 amide bonds. The average molecular weight is 467 g/mol. The summed E-state index contributed by atoms with van der Waals surface area (Å²) in [5, 5.41) is 1.10. The van der Waals surface area contributed by atoms with E-state index in [0.29, 0.717) is 38.5 Å². The van der Waals surface area contributed by atoms with Gasteiger partial charge in [0.15, 0.2) is 5.82 Å². The highest BCUT2D eigenvalue weighted by atomic mass is 35.5. The van der Waals surface area contributed by atoms with Gasteiger partial charge in [-0.25, -0.2) is 4.98 Å². The molecule has 0 N–H and O–H groups in total. The van der Waals surface area contributed by atoms with Crippen molar-refractivity contribution < 1.29 is 9.53 Å². The first-order valence-corrected chi connectivity index (χ1v) is 11.4. The normalized spacial score (nSPS) is 15.8. The molecule has 3 aromatic rings. The standard InChI is InChI=1S/C26H30N4O2.ClH/c1-4-10-30-19(3)18(2)22-16-23(26(31)28-12-14-32-15-13-28)27-25(24(22)30)29-11-9-20-7-5-6-8-21(20)17-29;/h4-8,16H,1,9-15,17H2,2-3H3;1H. The number of morpholine rings is 1. The number of aryl methyl sites for hydroxylation is 1. The molecule has 7 heteroatoms. The largest absolute Gasteiger partial charge is 0.378 e. The van der Waals surface area contributed by atoms with Gasteiger partial charge in [-0.3, -0.25) is 4.79 Å². The van der Waals surface area contributed by atoms with Crippen LogP contribution in [-0.2, 0) is 24.2 Å². The molecule has 0 spiro atoms. The number of hydrogen-bond acceptors (Lipinski definition) is 4. The first-order valence-electron chi connectivity index (χ1n) is 11.4. The van der Waals surface area contributed by atoms with Crippen molar-refractivity contribution in [1.29, 1.82) is 0 Å². The summed E-state index contributed by atoms with van der Waals surface area (Å²) in [6.45, 7) is 13.0. The van der Waals surface area contributed by atoms with Gasteiger partial charge in [0.25, 0.3) is 5.91 Å². The molecule has 0 saturated carbocycles. The van der Waals surface area contributed by atoms with Gasteiger partial charge in [-0.05, 0) is 43.0 Å². The van der Waals surface area contributed by atoms with Crippen molar-refractivity contribution in [3.63, 3.8) is 0 Å². The number of rotatable bonds is 4. The van der Waals surface area contributed by atoms with Crippen LogP contribution in [0.2, 0.25) is 0 Å². The van der Waals surface area contributed by atoms with E-state index < -0.39 is 0 Å². The SMILES string of the molecule is C=CCn1c(C)c(C)c2cc(C(=O)N3CCOCC3)nc(N3CCc4ccccc4C3)c21.Cl. The quantitative estimate of drug-likeness (QED) is 0.538. The molecule has 0 aliphatic carbocycles. The molecule has 174 valence electrons. The van der Waals surface area contributed by atoms with Gasteiger partial charge in [0.2, 0.25) is 0 Å². The molecule has 1 saturated heterocycles. The number of anilines is 1. The second-order valence-corrected chi connectivity index (χ2v) is 8.68. The van der Waals surface area contributed by atoms with Crippen molar-refractivity contribution in [2.24, 2.45) is 0 Å². The predicted octanol–water partition coefficient (Wildman–Crippen LogP) is 4.30. The Hall–Kier alpha value is -2.83. The Kier molecular flexibility index (Phi) is 6.77. The van der Waals surface area contributed by atoms with E-state index in [2.05, 4.69) is 54.2 Å². The lowest BCUT2D eigenvalue weighted by Gasteiger charge is -2.31. The van der Waals surface area contributed by atoms with Gasteiger partial charge in [0.05, 0.1) is 18.7 Å². The van der Waals surface area contributed by atoms with Crippen LogP contribution in [0, 0.1) is 13.8 Å². The second-order valence-electron chi connectivity index (χ2n) is 8.68. The monoisotopic (exact) mass is 466 g/mol. The molecule has 0 atom stereocenters. The van der Waals surface area contributed by atoms with Gasteiger partial charge in [0.1, 0.15) is 5.69 Å². The summed E-state index contributed by atoms with van der Waals surface area (Å²) in [5.74, 6) is 0.883. The highest BCUT2D eigenvalue weighted by Crippen LogP contribution is 2.35. The van der Waals surface area contributed by atoms with E-state index in [0.717, 1.165) is 36.2 Å². The summed E-state index contributed by atoms with van der Waals surface area (Å²) in [4.78, 5) is 22.6. The van der Waals surface area contributed by atoms with Crippen molar-refractivity contribution in [2.75, 3.05) is 37.7 Å². The Morgan fingerprint density at radius 2 is 1.88 bits per heavy atom. The fourth-order valence-corrected chi connectivity index (χ4v) is 4.93. The Morgan fingerprint density at radius 1 is 1.15 bits per heavy atom. The van der Waals surface area contributed by atoms with Crippen LogP contribution < -0.4 is 4.90 Å². The summed E-state index contributed by atoms with van der Waals surface area (Å²) < 4.78 is 7.72. The molecule has 0 radical (unpaired) electrons. The summed E-state index contributed by atoms with van der Waals surface area (Å²) >= 11 is 0. The number of halogens is 1. The molecule has 33 heavy (non-hydrogen) atoms. The summed E-state index contributed by atoms with van der Waals surface area (Å²) in [7, 11) is 0. The van der Waals surface area contributed by atoms with Gasteiger partial charge in [-0.15, -0.1) is 19.0 Å². The van der Waals surface area contributed by atoms with Gasteiger partial charge in [-0.2, -0.15) is 0 Å². The lowest BCUT2D eigenvalue weighted by Crippen LogP contribution is -2.41. The van der Waals surface area contributed by atoms with E-state index >= 15 is 0 Å². The zero-order valence-electron chi connectivity index (χ0n) is 19.3. The zero-order chi connectivity index (χ0) is 22.2. The van der Waals surface area contributed by atoms with Crippen LogP contribution in [-0.4, -0.2) is 53.2 Å². The molecule has 0 bridgehead atoms. The number of amides is 1. The topological polar surface area (TPSA) is 50.6 Å². The maximum atomic E-state index is 13.4. The number of nitrogens with zero attached hydrogens (tertiary/aromatic N) is 4. The lowest BCUT2D eigenvalue weighted by molar-refractivity contribution is 0.0299. The van der Waals surface area contributed by atoms with Crippen molar-refractivity contribution in [3.05, 3.63) is 71.1 Å². The molecule has 2 aliphatic heterocycles. The van der Waals surface area contributed by atoms with Crippen molar-refractivity contribution >= 4 is 35.0 Å². The Bertz CT molecular complexity index is 1200. The number of allylic oxidation sites excluding steroid dienone is 1. The van der Waals surface area contributed by atoms with Crippen LogP contribution in [0.25, 0.3) is 10.9 Å². The van der Waals surface area contributed by atoms with Gasteiger partial charge in [-0.1, -0.05) is 30.3 Å². The fraction of sp³-hybridized carbons (Fsp3) is 0.385. The van der Waals surface area contributed by atoms with Crippen LogP contribution in [0.4, 0.5) is 5.82 Å². The molecular formula is C26H31ClN4O2.